The van der Waals surface area contributed by atoms with Gasteiger partial charge in [-0.2, -0.15) is 0 Å². The Morgan fingerprint density at radius 2 is 1.75 bits per heavy atom. The number of rotatable bonds is 8. The zero-order valence-corrected chi connectivity index (χ0v) is 21.0. The van der Waals surface area contributed by atoms with Crippen molar-refractivity contribution in [1.29, 1.82) is 0 Å². The molecule has 1 heterocycles. The van der Waals surface area contributed by atoms with Gasteiger partial charge in [-0.15, -0.1) is 0 Å². The summed E-state index contributed by atoms with van der Waals surface area (Å²) in [5.41, 5.74) is 4.62. The van der Waals surface area contributed by atoms with Gasteiger partial charge in [0.2, 0.25) is 0 Å². The molecule has 0 unspecified atom stereocenters. The number of hydroxylamine groups is 1. The molecule has 0 radical (unpaired) electrons. The van der Waals surface area contributed by atoms with Crippen molar-refractivity contribution in [3.8, 4) is 0 Å². The van der Waals surface area contributed by atoms with Gasteiger partial charge in [0.15, 0.2) is 0 Å². The number of carbonyl (C=O) groups excluding carboxylic acids is 2. The van der Waals surface area contributed by atoms with Gasteiger partial charge in [-0.3, -0.25) is 14.4 Å². The molecule has 0 saturated carbocycles. The molecule has 3 aromatic rings. The summed E-state index contributed by atoms with van der Waals surface area (Å²) in [5.74, 6) is -1.90. The fraction of sp³-hybridized carbons (Fsp3) is 0.259. The van der Waals surface area contributed by atoms with Crippen LogP contribution in [0.4, 0.5) is 0 Å². The van der Waals surface area contributed by atoms with Crippen LogP contribution in [-0.4, -0.2) is 45.7 Å². The first-order chi connectivity index (χ1) is 17.3. The lowest BCUT2D eigenvalue weighted by molar-refractivity contribution is -0.138. The lowest BCUT2D eigenvalue weighted by Gasteiger charge is -2.46. The molecule has 2 amide bonds. The Labute approximate surface area is 219 Å². The van der Waals surface area contributed by atoms with E-state index in [9.17, 15) is 19.8 Å². The topological polar surface area (TPSA) is 99.1 Å². The largest absolute Gasteiger partial charge is 0.394 e. The number of carbonyl (C=O) groups is 2. The van der Waals surface area contributed by atoms with E-state index >= 15 is 0 Å². The van der Waals surface area contributed by atoms with E-state index in [2.05, 4.69) is 5.48 Å². The molecule has 3 N–H and O–H groups in total. The van der Waals surface area contributed by atoms with Crippen LogP contribution in [0.3, 0.4) is 0 Å². The van der Waals surface area contributed by atoms with E-state index in [4.69, 9.17) is 28.0 Å². The first-order valence-corrected chi connectivity index (χ1v) is 12.2. The van der Waals surface area contributed by atoms with Crippen LogP contribution in [0.25, 0.3) is 0 Å². The van der Waals surface area contributed by atoms with Crippen molar-refractivity contribution in [2.75, 3.05) is 6.61 Å². The molecule has 4 atom stereocenters. The second kappa shape index (κ2) is 11.4. The molecule has 0 spiro atoms. The third kappa shape index (κ3) is 5.26. The quantitative estimate of drug-likeness (QED) is 0.379. The highest BCUT2D eigenvalue weighted by molar-refractivity contribution is 6.35. The number of benzene rings is 3. The summed E-state index contributed by atoms with van der Waals surface area (Å²) in [7, 11) is 0. The van der Waals surface area contributed by atoms with Crippen LogP contribution in [0.1, 0.15) is 45.9 Å². The fourth-order valence-corrected chi connectivity index (χ4v) is 5.09. The van der Waals surface area contributed by atoms with E-state index in [1.54, 1.807) is 36.4 Å². The van der Waals surface area contributed by atoms with Crippen molar-refractivity contribution in [3.05, 3.63) is 105 Å². The van der Waals surface area contributed by atoms with Crippen molar-refractivity contribution in [1.82, 2.24) is 10.4 Å². The van der Waals surface area contributed by atoms with Crippen LogP contribution < -0.4 is 5.48 Å². The first-order valence-electron chi connectivity index (χ1n) is 11.4. The smallest absolute Gasteiger partial charge is 0.255 e. The standard InChI is InChI=1S/C27H26Cl2N2O5/c1-16(33)23(14-32)31-25(21-12-11-18(28)13-22(21)29)24(19-9-5-6-10-20(19)27(31)35)26(34)30-36-15-17-7-3-2-4-8-17/h2-13,16,23-25,32-33H,14-15H2,1H3,(H,30,34)/t16-,23-,24-,25+/m0/s1. The average molecular weight is 529 g/mol. The summed E-state index contributed by atoms with van der Waals surface area (Å²) >= 11 is 12.7. The predicted molar refractivity (Wildman–Crippen MR) is 136 cm³/mol. The molecule has 0 aliphatic carbocycles. The van der Waals surface area contributed by atoms with Gasteiger partial charge in [0.25, 0.3) is 11.8 Å². The Bertz CT molecular complexity index is 1240. The van der Waals surface area contributed by atoms with Crippen LogP contribution in [0, 0.1) is 0 Å². The van der Waals surface area contributed by atoms with Gasteiger partial charge < -0.3 is 15.1 Å². The number of fused-ring (bicyclic) bond motifs is 1. The average Bonchev–Trinajstić information content (AvgIpc) is 2.86. The zero-order chi connectivity index (χ0) is 25.8. The maximum Gasteiger partial charge on any atom is 0.255 e. The molecular weight excluding hydrogens is 503 g/mol. The molecule has 7 nitrogen and oxygen atoms in total. The van der Waals surface area contributed by atoms with Gasteiger partial charge in [0, 0.05) is 15.6 Å². The summed E-state index contributed by atoms with van der Waals surface area (Å²) in [6.45, 7) is 1.10. The molecule has 9 heteroatoms. The van der Waals surface area contributed by atoms with Gasteiger partial charge >= 0.3 is 0 Å². The van der Waals surface area contributed by atoms with E-state index in [1.807, 2.05) is 30.3 Å². The van der Waals surface area contributed by atoms with E-state index < -0.39 is 42.5 Å². The Balaban J connectivity index is 1.80. The number of hydrogen-bond acceptors (Lipinski definition) is 5. The number of nitrogens with one attached hydrogen (secondary N) is 1. The van der Waals surface area contributed by atoms with Gasteiger partial charge in [-0.1, -0.05) is 77.8 Å². The maximum absolute atomic E-state index is 13.7. The number of hydrogen-bond donors (Lipinski definition) is 3. The minimum Gasteiger partial charge on any atom is -0.394 e. The first kappa shape index (κ1) is 26.1. The molecule has 188 valence electrons. The number of aliphatic hydroxyl groups excluding tert-OH is 2. The van der Waals surface area contributed by atoms with Crippen LogP contribution in [0.2, 0.25) is 10.0 Å². The zero-order valence-electron chi connectivity index (χ0n) is 19.5. The summed E-state index contributed by atoms with van der Waals surface area (Å²) < 4.78 is 0. The van der Waals surface area contributed by atoms with Gasteiger partial charge in [0.1, 0.15) is 0 Å². The van der Waals surface area contributed by atoms with Crippen LogP contribution >= 0.6 is 23.2 Å². The summed E-state index contributed by atoms with van der Waals surface area (Å²) in [5, 5.41) is 21.3. The number of amides is 2. The second-order valence-electron chi connectivity index (χ2n) is 8.62. The van der Waals surface area contributed by atoms with Crippen molar-refractivity contribution >= 4 is 35.0 Å². The summed E-state index contributed by atoms with van der Waals surface area (Å²) in [6, 6.07) is 18.9. The number of halogens is 2. The van der Waals surface area contributed by atoms with E-state index in [-0.39, 0.29) is 11.6 Å². The Kier molecular flexibility index (Phi) is 8.28. The predicted octanol–water partition coefficient (Wildman–Crippen LogP) is 4.26. The minimum atomic E-state index is -1.09. The second-order valence-corrected chi connectivity index (χ2v) is 9.46. The van der Waals surface area contributed by atoms with Crippen LogP contribution in [0.5, 0.6) is 0 Å². The third-order valence-corrected chi connectivity index (χ3v) is 6.86. The van der Waals surface area contributed by atoms with Crippen molar-refractivity contribution in [3.63, 3.8) is 0 Å². The van der Waals surface area contributed by atoms with E-state index in [0.29, 0.717) is 21.7 Å². The molecule has 36 heavy (non-hydrogen) atoms. The van der Waals surface area contributed by atoms with Crippen molar-refractivity contribution in [2.45, 2.75) is 37.6 Å². The molecule has 0 saturated heterocycles. The van der Waals surface area contributed by atoms with Gasteiger partial charge in [0.05, 0.1) is 37.3 Å². The van der Waals surface area contributed by atoms with E-state index in [1.165, 1.54) is 17.9 Å². The Morgan fingerprint density at radius 1 is 1.06 bits per heavy atom. The SMILES string of the molecule is C[C@H](O)[C@H](CO)N1C(=O)c2ccccc2[C@H](C(=O)NOCc2ccccc2)[C@H]1c1ccc(Cl)cc1Cl. The fourth-order valence-electron chi connectivity index (χ4n) is 4.57. The van der Waals surface area contributed by atoms with Crippen LogP contribution in [-0.2, 0) is 16.2 Å². The van der Waals surface area contributed by atoms with E-state index in [0.717, 1.165) is 5.56 Å². The van der Waals surface area contributed by atoms with Crippen molar-refractivity contribution < 1.29 is 24.6 Å². The van der Waals surface area contributed by atoms with Crippen molar-refractivity contribution in [2.24, 2.45) is 0 Å². The summed E-state index contributed by atoms with van der Waals surface area (Å²) in [4.78, 5) is 34.3. The lowest BCUT2D eigenvalue weighted by atomic mass is 9.78. The molecule has 1 aliphatic heterocycles. The maximum atomic E-state index is 13.7. The minimum absolute atomic E-state index is 0.142. The highest BCUT2D eigenvalue weighted by Crippen LogP contribution is 2.46. The molecule has 0 fully saturated rings. The third-order valence-electron chi connectivity index (χ3n) is 6.30. The Hall–Kier alpha value is -2.94. The molecule has 3 aromatic carbocycles. The van der Waals surface area contributed by atoms with Crippen LogP contribution in [0.15, 0.2) is 72.8 Å². The molecule has 0 bridgehead atoms. The molecule has 4 rings (SSSR count). The highest BCUT2D eigenvalue weighted by atomic mass is 35.5. The molecule has 0 aromatic heterocycles. The highest BCUT2D eigenvalue weighted by Gasteiger charge is 2.48. The van der Waals surface area contributed by atoms with Gasteiger partial charge in [-0.05, 0) is 41.8 Å². The molecular formula is C27H26Cl2N2O5. The molecule has 1 aliphatic rings. The normalized spacial score (nSPS) is 18.9. The monoisotopic (exact) mass is 528 g/mol. The lowest BCUT2D eigenvalue weighted by Crippen LogP contribution is -2.55. The number of aliphatic hydroxyl groups is 2. The number of nitrogens with zero attached hydrogens (tertiary/aromatic N) is 1. The van der Waals surface area contributed by atoms with Gasteiger partial charge in [-0.25, -0.2) is 5.48 Å². The Morgan fingerprint density at radius 3 is 2.42 bits per heavy atom. The summed E-state index contributed by atoms with van der Waals surface area (Å²) in [6.07, 6.45) is -1.09.